The van der Waals surface area contributed by atoms with Crippen molar-refractivity contribution in [3.05, 3.63) is 36.5 Å². The molecule has 0 aliphatic carbocycles. The van der Waals surface area contributed by atoms with E-state index < -0.39 is 18.2 Å². The molecule has 340 valence electrons. The van der Waals surface area contributed by atoms with Gasteiger partial charge in [0.15, 0.2) is 0 Å². The Labute approximate surface area is 360 Å². The van der Waals surface area contributed by atoms with E-state index >= 15 is 0 Å². The molecule has 0 aromatic heterocycles. The molecular formula is C52H97NO5. The van der Waals surface area contributed by atoms with Crippen LogP contribution < -0.4 is 5.32 Å². The number of amides is 1. The van der Waals surface area contributed by atoms with Gasteiger partial charge in [0.2, 0.25) is 5.91 Å². The molecule has 0 saturated heterocycles. The first-order valence-corrected chi connectivity index (χ1v) is 25.2. The number of aliphatic hydroxyl groups is 2. The van der Waals surface area contributed by atoms with E-state index in [1.165, 1.54) is 128 Å². The minimum atomic E-state index is -0.791. The van der Waals surface area contributed by atoms with Crippen LogP contribution in [0.3, 0.4) is 0 Å². The second-order valence-corrected chi connectivity index (χ2v) is 17.2. The number of ether oxygens (including phenoxy) is 1. The molecule has 0 heterocycles. The monoisotopic (exact) mass is 816 g/mol. The maximum atomic E-state index is 13.2. The lowest BCUT2D eigenvalue weighted by molar-refractivity contribution is -0.151. The number of nitrogens with one attached hydrogen (secondary N) is 1. The molecule has 58 heavy (non-hydrogen) atoms. The number of carbonyl (C=O) groups excluding carboxylic acids is 2. The Morgan fingerprint density at radius 2 is 0.879 bits per heavy atom. The lowest BCUT2D eigenvalue weighted by Gasteiger charge is -2.24. The van der Waals surface area contributed by atoms with E-state index in [-0.39, 0.29) is 24.9 Å². The summed E-state index contributed by atoms with van der Waals surface area (Å²) in [6.07, 6.45) is 53.4. The van der Waals surface area contributed by atoms with E-state index in [0.717, 1.165) is 83.5 Å². The summed E-state index contributed by atoms with van der Waals surface area (Å²) in [4.78, 5) is 26.1. The number of aliphatic hydroxyl groups excluding tert-OH is 2. The van der Waals surface area contributed by atoms with E-state index in [1.807, 2.05) is 0 Å². The Hall–Kier alpha value is -1.92. The minimum Gasteiger partial charge on any atom is -0.462 e. The second kappa shape index (κ2) is 46.2. The molecule has 0 spiro atoms. The molecule has 0 rings (SSSR count). The summed E-state index contributed by atoms with van der Waals surface area (Å²) < 4.78 is 5.91. The highest BCUT2D eigenvalue weighted by Crippen LogP contribution is 2.17. The van der Waals surface area contributed by atoms with Crippen LogP contribution in [0.2, 0.25) is 0 Å². The number of allylic oxidation sites excluding steroid dienone is 6. The van der Waals surface area contributed by atoms with Crippen LogP contribution in [0.1, 0.15) is 258 Å². The highest BCUT2D eigenvalue weighted by atomic mass is 16.5. The van der Waals surface area contributed by atoms with Crippen molar-refractivity contribution < 1.29 is 24.5 Å². The van der Waals surface area contributed by atoms with Gasteiger partial charge in [-0.2, -0.15) is 0 Å². The third kappa shape index (κ3) is 40.8. The predicted molar refractivity (Wildman–Crippen MR) is 250 cm³/mol. The van der Waals surface area contributed by atoms with E-state index in [9.17, 15) is 19.8 Å². The van der Waals surface area contributed by atoms with Crippen LogP contribution in [0.15, 0.2) is 36.5 Å². The van der Waals surface area contributed by atoms with E-state index in [4.69, 9.17) is 4.74 Å². The van der Waals surface area contributed by atoms with Gasteiger partial charge in [0, 0.05) is 6.42 Å². The van der Waals surface area contributed by atoms with E-state index in [2.05, 4.69) is 62.5 Å². The van der Waals surface area contributed by atoms with Gasteiger partial charge in [-0.15, -0.1) is 0 Å². The molecule has 0 aliphatic heterocycles. The highest BCUT2D eigenvalue weighted by molar-refractivity contribution is 5.77. The fourth-order valence-electron chi connectivity index (χ4n) is 7.59. The smallest absolute Gasteiger partial charge is 0.306 e. The largest absolute Gasteiger partial charge is 0.462 e. The Morgan fingerprint density at radius 1 is 0.500 bits per heavy atom. The van der Waals surface area contributed by atoms with Gasteiger partial charge in [-0.1, -0.05) is 205 Å². The van der Waals surface area contributed by atoms with Crippen molar-refractivity contribution in [1.29, 1.82) is 0 Å². The second-order valence-electron chi connectivity index (χ2n) is 17.2. The zero-order valence-corrected chi connectivity index (χ0v) is 38.7. The van der Waals surface area contributed by atoms with Crippen LogP contribution in [0, 0.1) is 0 Å². The molecule has 3 unspecified atom stereocenters. The molecule has 6 nitrogen and oxygen atoms in total. The zero-order valence-electron chi connectivity index (χ0n) is 38.7. The highest BCUT2D eigenvalue weighted by Gasteiger charge is 2.24. The fourth-order valence-corrected chi connectivity index (χ4v) is 7.59. The van der Waals surface area contributed by atoms with Crippen LogP contribution in [0.4, 0.5) is 0 Å². The van der Waals surface area contributed by atoms with E-state index in [0.29, 0.717) is 19.3 Å². The molecule has 0 aromatic carbocycles. The van der Waals surface area contributed by atoms with Crippen molar-refractivity contribution >= 4 is 11.9 Å². The summed E-state index contributed by atoms with van der Waals surface area (Å²) in [7, 11) is 0. The number of hydrogen-bond acceptors (Lipinski definition) is 5. The van der Waals surface area contributed by atoms with Crippen molar-refractivity contribution in [3.8, 4) is 0 Å². The summed E-state index contributed by atoms with van der Waals surface area (Å²) >= 11 is 0. The van der Waals surface area contributed by atoms with Gasteiger partial charge in [0.1, 0.15) is 6.10 Å². The summed E-state index contributed by atoms with van der Waals surface area (Å²) in [6, 6.07) is -0.706. The SMILES string of the molecule is CCCCC/C=C/C=C/CCCCCCC(CC(=O)NC(CO)C(O)CCCCCCCCCCCC)OC(=O)CCCCCCC/C=C/CCCCCCCCC. The normalized spacial score (nSPS) is 13.5. The summed E-state index contributed by atoms with van der Waals surface area (Å²) in [6.45, 7) is 6.43. The number of esters is 1. The van der Waals surface area contributed by atoms with Crippen molar-refractivity contribution in [3.63, 3.8) is 0 Å². The van der Waals surface area contributed by atoms with Crippen molar-refractivity contribution in [2.24, 2.45) is 0 Å². The van der Waals surface area contributed by atoms with Gasteiger partial charge in [-0.3, -0.25) is 9.59 Å². The van der Waals surface area contributed by atoms with Crippen LogP contribution in [0.25, 0.3) is 0 Å². The predicted octanol–water partition coefficient (Wildman–Crippen LogP) is 14.9. The molecule has 6 heteroatoms. The number of rotatable bonds is 45. The molecule has 3 atom stereocenters. The van der Waals surface area contributed by atoms with Crippen molar-refractivity contribution in [2.45, 2.75) is 277 Å². The zero-order chi connectivity index (χ0) is 42.4. The van der Waals surface area contributed by atoms with Gasteiger partial charge in [0.05, 0.1) is 25.2 Å². The van der Waals surface area contributed by atoms with Crippen LogP contribution in [-0.2, 0) is 14.3 Å². The Balaban J connectivity index is 4.60. The quantitative estimate of drug-likeness (QED) is 0.0246. The average molecular weight is 816 g/mol. The van der Waals surface area contributed by atoms with Crippen molar-refractivity contribution in [2.75, 3.05) is 6.61 Å². The Morgan fingerprint density at radius 3 is 1.36 bits per heavy atom. The van der Waals surface area contributed by atoms with Crippen LogP contribution in [0.5, 0.6) is 0 Å². The van der Waals surface area contributed by atoms with Gasteiger partial charge in [-0.25, -0.2) is 0 Å². The van der Waals surface area contributed by atoms with Gasteiger partial charge in [-0.05, 0) is 77.0 Å². The third-order valence-corrected chi connectivity index (χ3v) is 11.5. The summed E-state index contributed by atoms with van der Waals surface area (Å²) in [5, 5.41) is 23.7. The van der Waals surface area contributed by atoms with Crippen LogP contribution >= 0.6 is 0 Å². The first kappa shape index (κ1) is 56.1. The van der Waals surface area contributed by atoms with Crippen molar-refractivity contribution in [1.82, 2.24) is 5.32 Å². The number of hydrogen-bond donors (Lipinski definition) is 3. The van der Waals surface area contributed by atoms with Gasteiger partial charge in [0.25, 0.3) is 0 Å². The molecule has 0 aliphatic rings. The molecule has 1 amide bonds. The molecule has 0 bridgehead atoms. The first-order valence-electron chi connectivity index (χ1n) is 25.2. The Kier molecular flexibility index (Phi) is 44.6. The standard InChI is InChI=1S/C52H97NO5/c1-4-7-10-13-16-19-22-24-25-26-28-30-33-36-39-42-45-52(57)58-48(43-40-37-34-31-29-27-23-20-17-14-11-8-5-2)46-51(56)53-49(47-54)50(55)44-41-38-35-32-21-18-15-12-9-6-3/h17,20,23,25-27,48-50,54-55H,4-16,18-19,21-22,24,28-47H2,1-3H3,(H,53,56)/b20-17+,26-25+,27-23+. The molecule has 0 aromatic rings. The molecule has 3 N–H and O–H groups in total. The molecule has 0 fully saturated rings. The Bertz CT molecular complexity index is 961. The topological polar surface area (TPSA) is 95.9 Å². The number of unbranched alkanes of at least 4 members (excludes halogenated alkanes) is 28. The first-order chi connectivity index (χ1) is 28.5. The lowest BCUT2D eigenvalue weighted by atomic mass is 10.0. The molecule has 0 saturated carbocycles. The summed E-state index contributed by atoms with van der Waals surface area (Å²) in [5.41, 5.74) is 0. The van der Waals surface area contributed by atoms with Gasteiger partial charge < -0.3 is 20.3 Å². The van der Waals surface area contributed by atoms with Gasteiger partial charge >= 0.3 is 5.97 Å². The molecule has 0 radical (unpaired) electrons. The lowest BCUT2D eigenvalue weighted by Crippen LogP contribution is -2.46. The maximum absolute atomic E-state index is 13.2. The molecular weight excluding hydrogens is 719 g/mol. The summed E-state index contributed by atoms with van der Waals surface area (Å²) in [5.74, 6) is -0.498. The minimum absolute atomic E-state index is 0.0625. The third-order valence-electron chi connectivity index (χ3n) is 11.5. The van der Waals surface area contributed by atoms with E-state index in [1.54, 1.807) is 0 Å². The number of carbonyl (C=O) groups is 2. The van der Waals surface area contributed by atoms with Crippen LogP contribution in [-0.4, -0.2) is 46.9 Å². The maximum Gasteiger partial charge on any atom is 0.306 e. The fraction of sp³-hybridized carbons (Fsp3) is 0.846. The average Bonchev–Trinajstić information content (AvgIpc) is 3.22.